The van der Waals surface area contributed by atoms with Crippen LogP contribution in [-0.4, -0.2) is 30.1 Å². The maximum Gasteiger partial charge on any atom is 0.124 e. The van der Waals surface area contributed by atoms with E-state index in [1.807, 2.05) is 24.6 Å². The number of hydrogen-bond donors (Lipinski definition) is 1. The minimum Gasteiger partial charge on any atom is -0.382 e. The fourth-order valence-corrected chi connectivity index (χ4v) is 2.36. The van der Waals surface area contributed by atoms with Crippen LogP contribution in [0, 0.1) is 0 Å². The maximum atomic E-state index is 9.91. The van der Waals surface area contributed by atoms with Crippen LogP contribution in [0.25, 0.3) is 0 Å². The summed E-state index contributed by atoms with van der Waals surface area (Å²) in [7, 11) is 2.02. The fraction of sp³-hybridized carbons (Fsp3) is 0.500. The largest absolute Gasteiger partial charge is 0.382 e. The lowest BCUT2D eigenvalue weighted by Crippen LogP contribution is -2.56. The lowest BCUT2D eigenvalue weighted by Gasteiger charge is -2.43. The fourth-order valence-electron chi connectivity index (χ4n) is 1.55. The molecule has 0 amide bonds. The van der Waals surface area contributed by atoms with Crippen LogP contribution >= 0.6 is 11.3 Å². The monoisotopic (exact) mass is 169 g/mol. The van der Waals surface area contributed by atoms with Crippen molar-refractivity contribution in [1.29, 1.82) is 0 Å². The quantitative estimate of drug-likeness (QED) is 0.674. The van der Waals surface area contributed by atoms with Gasteiger partial charge in [0.15, 0.2) is 0 Å². The van der Waals surface area contributed by atoms with Gasteiger partial charge in [-0.2, -0.15) is 0 Å². The van der Waals surface area contributed by atoms with E-state index in [4.69, 9.17) is 0 Å². The first-order chi connectivity index (χ1) is 5.21. The lowest BCUT2D eigenvalue weighted by molar-refractivity contribution is -0.0891. The number of likely N-dealkylation sites (tertiary alicyclic amines) is 1. The molecule has 1 aliphatic rings. The second-order valence-electron chi connectivity index (χ2n) is 3.18. The van der Waals surface area contributed by atoms with Gasteiger partial charge in [-0.15, -0.1) is 11.3 Å². The zero-order chi connectivity index (χ0) is 7.90. The van der Waals surface area contributed by atoms with Crippen molar-refractivity contribution in [2.75, 3.05) is 20.1 Å². The average Bonchev–Trinajstić information content (AvgIpc) is 2.34. The van der Waals surface area contributed by atoms with Crippen molar-refractivity contribution in [1.82, 2.24) is 4.90 Å². The minimum absolute atomic E-state index is 0.539. The molecule has 3 heteroatoms. The predicted octanol–water partition coefficient (Wildman–Crippen LogP) is 0.881. The summed E-state index contributed by atoms with van der Waals surface area (Å²) in [4.78, 5) is 3.20. The summed E-state index contributed by atoms with van der Waals surface area (Å²) in [5.41, 5.74) is -0.539. The summed E-state index contributed by atoms with van der Waals surface area (Å²) in [5.74, 6) is 0. The summed E-state index contributed by atoms with van der Waals surface area (Å²) in [6.07, 6.45) is 0. The first kappa shape index (κ1) is 7.28. The van der Waals surface area contributed by atoms with Gasteiger partial charge in [-0.25, -0.2) is 0 Å². The van der Waals surface area contributed by atoms with Crippen molar-refractivity contribution < 1.29 is 5.11 Å². The van der Waals surface area contributed by atoms with Crippen molar-refractivity contribution in [3.05, 3.63) is 22.4 Å². The highest BCUT2D eigenvalue weighted by molar-refractivity contribution is 7.10. The first-order valence-corrected chi connectivity index (χ1v) is 4.54. The second kappa shape index (κ2) is 2.30. The molecule has 2 nitrogen and oxygen atoms in total. The van der Waals surface area contributed by atoms with E-state index >= 15 is 0 Å². The van der Waals surface area contributed by atoms with Crippen molar-refractivity contribution in [2.45, 2.75) is 5.60 Å². The first-order valence-electron chi connectivity index (χ1n) is 3.66. The molecule has 0 aromatic carbocycles. The molecular weight excluding hydrogens is 158 g/mol. The number of aliphatic hydroxyl groups is 1. The van der Waals surface area contributed by atoms with Crippen LogP contribution in [0.5, 0.6) is 0 Å². The van der Waals surface area contributed by atoms with E-state index in [9.17, 15) is 5.11 Å². The highest BCUT2D eigenvalue weighted by Crippen LogP contribution is 2.33. The molecule has 1 aromatic heterocycles. The number of rotatable bonds is 1. The summed E-state index contributed by atoms with van der Waals surface area (Å²) in [6, 6.07) is 3.98. The van der Waals surface area contributed by atoms with Gasteiger partial charge in [0.05, 0.1) is 0 Å². The smallest absolute Gasteiger partial charge is 0.124 e. The minimum atomic E-state index is -0.539. The Balaban J connectivity index is 2.18. The summed E-state index contributed by atoms with van der Waals surface area (Å²) < 4.78 is 0. The Labute approximate surface area is 70.1 Å². The molecular formula is C8H11NOS. The van der Waals surface area contributed by atoms with Crippen molar-refractivity contribution in [2.24, 2.45) is 0 Å². The standard InChI is InChI=1S/C8H11NOS/c1-9-5-8(10,6-9)7-3-2-4-11-7/h2-4,10H,5-6H2,1H3. The number of likely N-dealkylation sites (N-methyl/N-ethyl adjacent to an activating group) is 1. The molecule has 0 aliphatic carbocycles. The van der Waals surface area contributed by atoms with Gasteiger partial charge in [-0.3, -0.25) is 4.90 Å². The van der Waals surface area contributed by atoms with Gasteiger partial charge in [0, 0.05) is 18.0 Å². The van der Waals surface area contributed by atoms with Gasteiger partial charge >= 0.3 is 0 Å². The molecule has 0 unspecified atom stereocenters. The average molecular weight is 169 g/mol. The summed E-state index contributed by atoms with van der Waals surface area (Å²) in [6.45, 7) is 1.54. The molecule has 2 rings (SSSR count). The van der Waals surface area contributed by atoms with E-state index in [0.29, 0.717) is 0 Å². The van der Waals surface area contributed by atoms with Crippen molar-refractivity contribution in [3.63, 3.8) is 0 Å². The Bertz CT molecular complexity index is 239. The highest BCUT2D eigenvalue weighted by atomic mass is 32.1. The number of thiophene rings is 1. The molecule has 0 saturated carbocycles. The topological polar surface area (TPSA) is 23.5 Å². The number of β-amino-alcohol motifs (C(OH)–C–C–N with tert-alkyl or cyclic N) is 1. The van der Waals surface area contributed by atoms with Gasteiger partial charge < -0.3 is 5.11 Å². The third-order valence-electron chi connectivity index (χ3n) is 2.04. The number of hydrogen-bond acceptors (Lipinski definition) is 3. The van der Waals surface area contributed by atoms with Gasteiger partial charge in [-0.1, -0.05) is 6.07 Å². The molecule has 1 N–H and O–H groups in total. The van der Waals surface area contributed by atoms with Gasteiger partial charge in [0.2, 0.25) is 0 Å². The van der Waals surface area contributed by atoms with Crippen LogP contribution in [0.4, 0.5) is 0 Å². The maximum absolute atomic E-state index is 9.91. The van der Waals surface area contributed by atoms with E-state index in [2.05, 4.69) is 4.90 Å². The Morgan fingerprint density at radius 1 is 1.64 bits per heavy atom. The summed E-state index contributed by atoms with van der Waals surface area (Å²) in [5, 5.41) is 11.9. The Morgan fingerprint density at radius 2 is 2.36 bits per heavy atom. The SMILES string of the molecule is CN1CC(O)(c2cccs2)C1. The number of nitrogens with zero attached hydrogens (tertiary/aromatic N) is 1. The van der Waals surface area contributed by atoms with Gasteiger partial charge in [0.1, 0.15) is 5.60 Å². The molecule has 1 aromatic rings. The molecule has 1 aliphatic heterocycles. The molecule has 1 saturated heterocycles. The zero-order valence-electron chi connectivity index (χ0n) is 6.45. The van der Waals surface area contributed by atoms with Crippen molar-refractivity contribution in [3.8, 4) is 0 Å². The van der Waals surface area contributed by atoms with Crippen molar-refractivity contribution >= 4 is 11.3 Å². The molecule has 0 atom stereocenters. The lowest BCUT2D eigenvalue weighted by atomic mass is 9.93. The van der Waals surface area contributed by atoms with E-state index in [0.717, 1.165) is 18.0 Å². The van der Waals surface area contributed by atoms with Crippen LogP contribution in [0.3, 0.4) is 0 Å². The van der Waals surface area contributed by atoms with Crippen LogP contribution in [0.2, 0.25) is 0 Å². The molecule has 11 heavy (non-hydrogen) atoms. The van der Waals surface area contributed by atoms with E-state index in [-0.39, 0.29) is 0 Å². The third kappa shape index (κ3) is 1.09. The predicted molar refractivity (Wildman–Crippen MR) is 45.7 cm³/mol. The molecule has 2 heterocycles. The van der Waals surface area contributed by atoms with E-state index in [1.165, 1.54) is 0 Å². The summed E-state index contributed by atoms with van der Waals surface area (Å²) >= 11 is 1.63. The zero-order valence-corrected chi connectivity index (χ0v) is 7.27. The Hall–Kier alpha value is -0.380. The van der Waals surface area contributed by atoms with Gasteiger partial charge in [-0.05, 0) is 18.5 Å². The van der Waals surface area contributed by atoms with E-state index < -0.39 is 5.60 Å². The Kier molecular flexibility index (Phi) is 1.52. The molecule has 0 radical (unpaired) electrons. The molecule has 0 bridgehead atoms. The van der Waals surface area contributed by atoms with Crippen LogP contribution in [0.15, 0.2) is 17.5 Å². The Morgan fingerprint density at radius 3 is 2.82 bits per heavy atom. The normalized spacial score (nSPS) is 23.1. The van der Waals surface area contributed by atoms with Gasteiger partial charge in [0.25, 0.3) is 0 Å². The van der Waals surface area contributed by atoms with Crippen LogP contribution < -0.4 is 0 Å². The third-order valence-corrected chi connectivity index (χ3v) is 3.11. The highest BCUT2D eigenvalue weighted by Gasteiger charge is 2.41. The molecule has 1 fully saturated rings. The molecule has 0 spiro atoms. The van der Waals surface area contributed by atoms with E-state index in [1.54, 1.807) is 11.3 Å². The molecule has 60 valence electrons. The van der Waals surface area contributed by atoms with Crippen LogP contribution in [-0.2, 0) is 5.60 Å². The van der Waals surface area contributed by atoms with Crippen LogP contribution in [0.1, 0.15) is 4.88 Å². The second-order valence-corrected chi connectivity index (χ2v) is 4.13.